The quantitative estimate of drug-likeness (QED) is 0.181. The lowest BCUT2D eigenvalue weighted by Gasteiger charge is -2.13. The molecule has 0 spiro atoms. The van der Waals surface area contributed by atoms with E-state index in [4.69, 9.17) is 5.26 Å². The zero-order valence-corrected chi connectivity index (χ0v) is 16.2. The van der Waals surface area contributed by atoms with Crippen LogP contribution in [0.3, 0.4) is 0 Å². The van der Waals surface area contributed by atoms with E-state index in [1.54, 1.807) is 6.92 Å². The summed E-state index contributed by atoms with van der Waals surface area (Å²) >= 11 is 0. The van der Waals surface area contributed by atoms with Crippen molar-refractivity contribution in [3.63, 3.8) is 0 Å². The predicted molar refractivity (Wildman–Crippen MR) is 124 cm³/mol. The molecule has 0 radical (unpaired) electrons. The summed E-state index contributed by atoms with van der Waals surface area (Å²) in [4.78, 5) is 0. The van der Waals surface area contributed by atoms with E-state index in [-0.39, 0.29) is 0 Å². The number of hydrogen-bond donors (Lipinski definition) is 0. The Balaban J connectivity index is 1.62. The molecule has 0 saturated carbocycles. The van der Waals surface area contributed by atoms with E-state index in [0.29, 0.717) is 5.57 Å². The monoisotopic (exact) mass is 369 g/mol. The van der Waals surface area contributed by atoms with Crippen LogP contribution in [0.1, 0.15) is 12.5 Å². The summed E-state index contributed by atoms with van der Waals surface area (Å²) in [5.41, 5.74) is 4.92. The average molecular weight is 369 g/mol. The molecule has 1 heteroatoms. The van der Waals surface area contributed by atoms with E-state index in [1.165, 1.54) is 43.4 Å². The highest BCUT2D eigenvalue weighted by Crippen LogP contribution is 2.37. The van der Waals surface area contributed by atoms with E-state index in [2.05, 4.69) is 91.5 Å². The fourth-order valence-corrected chi connectivity index (χ4v) is 4.17. The zero-order valence-electron chi connectivity index (χ0n) is 16.2. The molecule has 5 rings (SSSR count). The van der Waals surface area contributed by atoms with Gasteiger partial charge < -0.3 is 0 Å². The van der Waals surface area contributed by atoms with E-state index in [1.807, 2.05) is 6.08 Å². The van der Waals surface area contributed by atoms with Gasteiger partial charge in [0.1, 0.15) is 0 Å². The van der Waals surface area contributed by atoms with Gasteiger partial charge in [-0.1, -0.05) is 73.3 Å². The SMILES string of the molecule is C=C(/C=C(\C)C#N)c1ccc(-c2cc3ccc4cccc5ccc(c2)c3c45)cc1. The first kappa shape index (κ1) is 17.2. The average Bonchev–Trinajstić information content (AvgIpc) is 2.77. The topological polar surface area (TPSA) is 23.8 Å². The van der Waals surface area contributed by atoms with Crippen LogP contribution in [0.15, 0.2) is 97.1 Å². The van der Waals surface area contributed by atoms with Gasteiger partial charge in [0.15, 0.2) is 0 Å². The molecular weight excluding hydrogens is 350 g/mol. The lowest BCUT2D eigenvalue weighted by molar-refractivity contribution is 1.44. The Bertz CT molecular complexity index is 1400. The molecule has 0 fully saturated rings. The van der Waals surface area contributed by atoms with Crippen LogP contribution in [-0.2, 0) is 0 Å². The molecule has 0 atom stereocenters. The molecule has 29 heavy (non-hydrogen) atoms. The second kappa shape index (κ2) is 6.62. The Kier molecular flexibility index (Phi) is 3.93. The molecule has 0 saturated heterocycles. The van der Waals surface area contributed by atoms with Crippen molar-refractivity contribution < 1.29 is 0 Å². The third kappa shape index (κ3) is 2.87. The van der Waals surface area contributed by atoms with Crippen LogP contribution in [-0.4, -0.2) is 0 Å². The number of nitriles is 1. The second-order valence-corrected chi connectivity index (χ2v) is 7.55. The Morgan fingerprint density at radius 1 is 0.759 bits per heavy atom. The van der Waals surface area contributed by atoms with Gasteiger partial charge in [0.2, 0.25) is 0 Å². The van der Waals surface area contributed by atoms with Gasteiger partial charge in [-0.3, -0.25) is 0 Å². The molecule has 1 nitrogen and oxygen atoms in total. The van der Waals surface area contributed by atoms with Gasteiger partial charge in [0.25, 0.3) is 0 Å². The fourth-order valence-electron chi connectivity index (χ4n) is 4.17. The number of nitrogens with zero attached hydrogens (tertiary/aromatic N) is 1. The minimum Gasteiger partial charge on any atom is -0.193 e. The summed E-state index contributed by atoms with van der Waals surface area (Å²) < 4.78 is 0. The molecule has 136 valence electrons. The molecule has 5 aromatic rings. The minimum atomic E-state index is 0.658. The van der Waals surface area contributed by atoms with Crippen molar-refractivity contribution in [1.82, 2.24) is 0 Å². The Morgan fingerprint density at radius 2 is 1.31 bits per heavy atom. The van der Waals surface area contributed by atoms with Crippen molar-refractivity contribution in [2.24, 2.45) is 0 Å². The van der Waals surface area contributed by atoms with E-state index in [0.717, 1.165) is 11.1 Å². The molecule has 0 N–H and O–H groups in total. The normalized spacial score (nSPS) is 11.9. The van der Waals surface area contributed by atoms with Crippen LogP contribution in [0.5, 0.6) is 0 Å². The maximum absolute atomic E-state index is 8.96. The van der Waals surface area contributed by atoms with Gasteiger partial charge >= 0.3 is 0 Å². The molecular formula is C28H19N. The summed E-state index contributed by atoms with van der Waals surface area (Å²) in [7, 11) is 0. The molecule has 5 aromatic carbocycles. The van der Waals surface area contributed by atoms with Crippen LogP contribution < -0.4 is 0 Å². The number of rotatable bonds is 3. The largest absolute Gasteiger partial charge is 0.193 e. The Morgan fingerprint density at radius 3 is 1.90 bits per heavy atom. The van der Waals surface area contributed by atoms with Gasteiger partial charge in [-0.2, -0.15) is 5.26 Å². The Hall–Kier alpha value is -3.89. The Labute approximate surface area is 170 Å². The summed E-state index contributed by atoms with van der Waals surface area (Å²) in [6.45, 7) is 5.88. The number of allylic oxidation sites excluding steroid dienone is 3. The first-order valence-electron chi connectivity index (χ1n) is 9.70. The second-order valence-electron chi connectivity index (χ2n) is 7.55. The molecule has 0 aliphatic rings. The van der Waals surface area contributed by atoms with Crippen molar-refractivity contribution in [2.75, 3.05) is 0 Å². The van der Waals surface area contributed by atoms with Gasteiger partial charge in [-0.15, -0.1) is 0 Å². The highest BCUT2D eigenvalue weighted by atomic mass is 14.2. The van der Waals surface area contributed by atoms with Gasteiger partial charge in [0.05, 0.1) is 6.07 Å². The molecule has 0 heterocycles. The first-order valence-corrected chi connectivity index (χ1v) is 9.70. The lowest BCUT2D eigenvalue weighted by atomic mass is 9.91. The highest BCUT2D eigenvalue weighted by Gasteiger charge is 2.10. The van der Waals surface area contributed by atoms with Crippen LogP contribution in [0.2, 0.25) is 0 Å². The summed E-state index contributed by atoms with van der Waals surface area (Å²) in [5, 5.41) is 16.8. The summed E-state index contributed by atoms with van der Waals surface area (Å²) in [5.74, 6) is 0. The van der Waals surface area contributed by atoms with Crippen LogP contribution in [0.25, 0.3) is 49.0 Å². The van der Waals surface area contributed by atoms with Crippen molar-refractivity contribution in [3.05, 3.63) is 103 Å². The molecule has 0 aromatic heterocycles. The van der Waals surface area contributed by atoms with Gasteiger partial charge in [0, 0.05) is 5.57 Å². The van der Waals surface area contributed by atoms with E-state index in [9.17, 15) is 0 Å². The fraction of sp³-hybridized carbons (Fsp3) is 0.0357. The summed E-state index contributed by atoms with van der Waals surface area (Å²) in [6.07, 6.45) is 1.82. The van der Waals surface area contributed by atoms with Gasteiger partial charge in [-0.25, -0.2) is 0 Å². The maximum Gasteiger partial charge on any atom is 0.0944 e. The van der Waals surface area contributed by atoms with Crippen LogP contribution in [0.4, 0.5) is 0 Å². The standard InChI is InChI=1S/C28H19N/c1-18(17-29)14-19(2)20-6-8-21(9-7-20)26-15-24-12-10-22-4-3-5-23-11-13-25(16-26)28(24)27(22)23/h3-16H,2H2,1H3/b18-14+. The predicted octanol–water partition coefficient (Wildman–Crippen LogP) is 7.73. The lowest BCUT2D eigenvalue weighted by Crippen LogP contribution is -1.86. The molecule has 0 amide bonds. The molecule has 0 aliphatic heterocycles. The van der Waals surface area contributed by atoms with Crippen molar-refractivity contribution in [3.8, 4) is 17.2 Å². The van der Waals surface area contributed by atoms with Crippen molar-refractivity contribution >= 4 is 37.9 Å². The van der Waals surface area contributed by atoms with Crippen LogP contribution >= 0.6 is 0 Å². The highest BCUT2D eigenvalue weighted by molar-refractivity contribution is 6.23. The zero-order chi connectivity index (χ0) is 20.0. The van der Waals surface area contributed by atoms with E-state index < -0.39 is 0 Å². The third-order valence-corrected chi connectivity index (χ3v) is 5.62. The van der Waals surface area contributed by atoms with Crippen LogP contribution in [0, 0.1) is 11.3 Å². The maximum atomic E-state index is 8.96. The molecule has 0 bridgehead atoms. The number of benzene rings is 5. The minimum absolute atomic E-state index is 0.658. The molecule has 0 aliphatic carbocycles. The summed E-state index contributed by atoms with van der Waals surface area (Å²) in [6, 6.07) is 30.5. The van der Waals surface area contributed by atoms with Crippen molar-refractivity contribution in [1.29, 1.82) is 5.26 Å². The smallest absolute Gasteiger partial charge is 0.0944 e. The number of hydrogen-bond acceptors (Lipinski definition) is 1. The van der Waals surface area contributed by atoms with Gasteiger partial charge in [-0.05, 0) is 79.7 Å². The third-order valence-electron chi connectivity index (χ3n) is 5.62. The first-order chi connectivity index (χ1) is 14.1. The molecule has 0 unspecified atom stereocenters. The van der Waals surface area contributed by atoms with Crippen molar-refractivity contribution in [2.45, 2.75) is 6.92 Å². The van der Waals surface area contributed by atoms with E-state index >= 15 is 0 Å².